The summed E-state index contributed by atoms with van der Waals surface area (Å²) < 4.78 is 13.2. The molecule has 0 spiro atoms. The number of rotatable bonds is 3. The van der Waals surface area contributed by atoms with Crippen LogP contribution in [0.2, 0.25) is 0 Å². The van der Waals surface area contributed by atoms with Crippen molar-refractivity contribution < 1.29 is 4.39 Å². The van der Waals surface area contributed by atoms with Crippen LogP contribution in [-0.2, 0) is 0 Å². The number of anilines is 1. The van der Waals surface area contributed by atoms with E-state index in [1.807, 2.05) is 11.8 Å². The average molecular weight is 226 g/mol. The van der Waals surface area contributed by atoms with Crippen LogP contribution in [0.4, 0.5) is 10.2 Å². The maximum Gasteiger partial charge on any atom is 0.165 e. The molecule has 0 saturated carbocycles. The van der Waals surface area contributed by atoms with Crippen molar-refractivity contribution in [2.45, 2.75) is 12.8 Å². The largest absolute Gasteiger partial charge is 0.367 e. The summed E-state index contributed by atoms with van der Waals surface area (Å²) in [4.78, 5) is 3.97. The molecule has 1 aliphatic heterocycles. The topological polar surface area (TPSA) is 24.9 Å². The molecule has 1 aromatic heterocycles. The molecule has 2 nitrogen and oxygen atoms in total. The molecular formula is C11H15FN2S. The molecule has 1 saturated heterocycles. The fraction of sp³-hybridized carbons (Fsp3) is 0.545. The Hall–Kier alpha value is -0.770. The van der Waals surface area contributed by atoms with Gasteiger partial charge in [0, 0.05) is 12.7 Å². The van der Waals surface area contributed by atoms with Crippen molar-refractivity contribution in [3.63, 3.8) is 0 Å². The van der Waals surface area contributed by atoms with Gasteiger partial charge in [0.1, 0.15) is 0 Å². The second-order valence-corrected chi connectivity index (χ2v) is 5.00. The summed E-state index contributed by atoms with van der Waals surface area (Å²) in [6.45, 7) is 0.842. The summed E-state index contributed by atoms with van der Waals surface area (Å²) in [6.07, 6.45) is 4.07. The van der Waals surface area contributed by atoms with E-state index in [1.54, 1.807) is 12.3 Å². The maximum atomic E-state index is 13.2. The Kier molecular flexibility index (Phi) is 3.83. The summed E-state index contributed by atoms with van der Waals surface area (Å²) in [5.41, 5.74) is 0. The van der Waals surface area contributed by atoms with Gasteiger partial charge in [0.2, 0.25) is 0 Å². The summed E-state index contributed by atoms with van der Waals surface area (Å²) >= 11 is 2.01. The lowest BCUT2D eigenvalue weighted by atomic mass is 10.0. The molecule has 0 unspecified atom stereocenters. The standard InChI is InChI=1S/C11H15FN2S/c12-10-2-1-5-13-11(10)14-8-9-3-6-15-7-4-9/h1-2,5,9H,3-4,6-8H2,(H,13,14). The lowest BCUT2D eigenvalue weighted by molar-refractivity contribution is 0.513. The first-order valence-corrected chi connectivity index (χ1v) is 6.44. The molecule has 2 rings (SSSR count). The molecule has 0 amide bonds. The number of hydrogen-bond acceptors (Lipinski definition) is 3. The van der Waals surface area contributed by atoms with Gasteiger partial charge >= 0.3 is 0 Å². The summed E-state index contributed by atoms with van der Waals surface area (Å²) in [5, 5.41) is 3.09. The van der Waals surface area contributed by atoms with Gasteiger partial charge in [0.05, 0.1) is 0 Å². The lowest BCUT2D eigenvalue weighted by Crippen LogP contribution is -2.20. The van der Waals surface area contributed by atoms with Crippen molar-refractivity contribution in [1.82, 2.24) is 4.98 Å². The zero-order valence-corrected chi connectivity index (χ0v) is 9.39. The highest BCUT2D eigenvalue weighted by atomic mass is 32.2. The van der Waals surface area contributed by atoms with Crippen LogP contribution in [-0.4, -0.2) is 23.0 Å². The number of nitrogens with zero attached hydrogens (tertiary/aromatic N) is 1. The van der Waals surface area contributed by atoms with Crippen molar-refractivity contribution >= 4 is 17.6 Å². The van der Waals surface area contributed by atoms with E-state index in [9.17, 15) is 4.39 Å². The van der Waals surface area contributed by atoms with Gasteiger partial charge in [-0.15, -0.1) is 0 Å². The highest BCUT2D eigenvalue weighted by molar-refractivity contribution is 7.99. The number of pyridine rings is 1. The first-order valence-electron chi connectivity index (χ1n) is 5.28. The van der Waals surface area contributed by atoms with E-state index in [-0.39, 0.29) is 5.82 Å². The van der Waals surface area contributed by atoms with Crippen LogP contribution in [0.15, 0.2) is 18.3 Å². The van der Waals surface area contributed by atoms with Gasteiger partial charge in [-0.3, -0.25) is 0 Å². The van der Waals surface area contributed by atoms with Crippen LogP contribution in [0.5, 0.6) is 0 Å². The molecule has 0 bridgehead atoms. The fourth-order valence-electron chi connectivity index (χ4n) is 1.71. The first kappa shape index (κ1) is 10.7. The van der Waals surface area contributed by atoms with Crippen LogP contribution >= 0.6 is 11.8 Å². The summed E-state index contributed by atoms with van der Waals surface area (Å²) in [6, 6.07) is 3.05. The van der Waals surface area contributed by atoms with Gasteiger partial charge in [-0.25, -0.2) is 9.37 Å². The van der Waals surface area contributed by atoms with Crippen LogP contribution in [0.1, 0.15) is 12.8 Å². The van der Waals surface area contributed by atoms with Crippen molar-refractivity contribution in [1.29, 1.82) is 0 Å². The summed E-state index contributed by atoms with van der Waals surface area (Å²) in [5.74, 6) is 3.26. The number of nitrogens with one attached hydrogen (secondary N) is 1. The Labute approximate surface area is 93.7 Å². The smallest absolute Gasteiger partial charge is 0.165 e. The maximum absolute atomic E-state index is 13.2. The molecule has 0 aliphatic carbocycles. The predicted octanol–water partition coefficient (Wildman–Crippen LogP) is 2.78. The zero-order valence-electron chi connectivity index (χ0n) is 8.58. The SMILES string of the molecule is Fc1cccnc1NCC1CCSCC1. The molecule has 0 aromatic carbocycles. The first-order chi connectivity index (χ1) is 7.36. The molecule has 2 heterocycles. The van der Waals surface area contributed by atoms with Crippen molar-refractivity contribution in [3.05, 3.63) is 24.1 Å². The molecular weight excluding hydrogens is 211 g/mol. The van der Waals surface area contributed by atoms with E-state index >= 15 is 0 Å². The van der Waals surface area contributed by atoms with Gasteiger partial charge in [-0.2, -0.15) is 11.8 Å². The Bertz CT molecular complexity index is 313. The molecule has 0 radical (unpaired) electrons. The molecule has 1 N–H and O–H groups in total. The average Bonchev–Trinajstić information content (AvgIpc) is 2.29. The molecule has 1 fully saturated rings. The van der Waals surface area contributed by atoms with E-state index in [0.717, 1.165) is 6.54 Å². The molecule has 1 aliphatic rings. The van der Waals surface area contributed by atoms with Crippen molar-refractivity contribution in [3.8, 4) is 0 Å². The Morgan fingerprint density at radius 3 is 3.00 bits per heavy atom. The third-order valence-corrected chi connectivity index (χ3v) is 3.71. The van der Waals surface area contributed by atoms with Crippen LogP contribution in [0.25, 0.3) is 0 Å². The van der Waals surface area contributed by atoms with Crippen LogP contribution in [0.3, 0.4) is 0 Å². The van der Waals surface area contributed by atoms with Gasteiger partial charge in [0.15, 0.2) is 11.6 Å². The second kappa shape index (κ2) is 5.35. The molecule has 82 valence electrons. The van der Waals surface area contributed by atoms with Crippen LogP contribution < -0.4 is 5.32 Å². The minimum atomic E-state index is -0.261. The number of halogens is 1. The lowest BCUT2D eigenvalue weighted by Gasteiger charge is -2.21. The van der Waals surface area contributed by atoms with Crippen LogP contribution in [0, 0.1) is 11.7 Å². The molecule has 1 aromatic rings. The number of hydrogen-bond donors (Lipinski definition) is 1. The predicted molar refractivity (Wildman–Crippen MR) is 62.7 cm³/mol. The Balaban J connectivity index is 1.84. The van der Waals surface area contributed by atoms with Crippen molar-refractivity contribution in [2.75, 3.05) is 23.4 Å². The highest BCUT2D eigenvalue weighted by Gasteiger charge is 2.14. The second-order valence-electron chi connectivity index (χ2n) is 3.77. The fourth-order valence-corrected chi connectivity index (χ4v) is 2.91. The third kappa shape index (κ3) is 3.09. The van der Waals surface area contributed by atoms with E-state index in [1.165, 1.54) is 30.4 Å². The quantitative estimate of drug-likeness (QED) is 0.858. The van der Waals surface area contributed by atoms with Gasteiger partial charge in [0.25, 0.3) is 0 Å². The van der Waals surface area contributed by atoms with Gasteiger partial charge in [-0.1, -0.05) is 0 Å². The van der Waals surface area contributed by atoms with Gasteiger partial charge < -0.3 is 5.32 Å². The minimum Gasteiger partial charge on any atom is -0.367 e. The van der Waals surface area contributed by atoms with E-state index < -0.39 is 0 Å². The molecule has 4 heteroatoms. The van der Waals surface area contributed by atoms with E-state index in [0.29, 0.717) is 11.7 Å². The molecule has 0 atom stereocenters. The Morgan fingerprint density at radius 2 is 2.27 bits per heavy atom. The highest BCUT2D eigenvalue weighted by Crippen LogP contribution is 2.23. The number of aromatic nitrogens is 1. The van der Waals surface area contributed by atoms with E-state index in [2.05, 4.69) is 10.3 Å². The van der Waals surface area contributed by atoms with Crippen molar-refractivity contribution in [2.24, 2.45) is 5.92 Å². The Morgan fingerprint density at radius 1 is 1.47 bits per heavy atom. The third-order valence-electron chi connectivity index (χ3n) is 2.66. The molecule has 15 heavy (non-hydrogen) atoms. The monoisotopic (exact) mass is 226 g/mol. The minimum absolute atomic E-state index is 0.261. The van der Waals surface area contributed by atoms with E-state index in [4.69, 9.17) is 0 Å². The zero-order chi connectivity index (χ0) is 10.5. The summed E-state index contributed by atoms with van der Waals surface area (Å²) in [7, 11) is 0. The number of thioether (sulfide) groups is 1. The van der Waals surface area contributed by atoms with Gasteiger partial charge in [-0.05, 0) is 42.4 Å². The normalized spacial score (nSPS) is 17.7.